The predicted octanol–water partition coefficient (Wildman–Crippen LogP) is 1.47. The van der Waals surface area contributed by atoms with Gasteiger partial charge in [-0.2, -0.15) is 0 Å². The molecule has 2 aliphatic rings. The molecule has 0 spiro atoms. The minimum Gasteiger partial charge on any atom is -0.481 e. The average Bonchev–Trinajstić information content (AvgIpc) is 2.32. The molecule has 0 aromatic carbocycles. The summed E-state index contributed by atoms with van der Waals surface area (Å²) in [5, 5.41) is 8.71. The summed E-state index contributed by atoms with van der Waals surface area (Å²) in [6, 6.07) is 0. The molecule has 0 saturated heterocycles. The molecule has 3 heteroatoms. The first-order chi connectivity index (χ1) is 6.16. The van der Waals surface area contributed by atoms with Crippen LogP contribution in [-0.2, 0) is 9.59 Å². The molecule has 1 N–H and O–H groups in total. The van der Waals surface area contributed by atoms with E-state index >= 15 is 0 Å². The van der Waals surface area contributed by atoms with Crippen LogP contribution >= 0.6 is 0 Å². The second-order valence-corrected chi connectivity index (χ2v) is 4.31. The molecular weight excluding hydrogens is 168 g/mol. The Labute approximate surface area is 77.1 Å². The molecule has 0 aromatic heterocycles. The molecule has 72 valence electrons. The SMILES string of the molecule is O=C(O)CC1C2CCC1CC(=O)C2. The number of hydrogen-bond acceptors (Lipinski definition) is 2. The summed E-state index contributed by atoms with van der Waals surface area (Å²) in [5.41, 5.74) is 0. The lowest BCUT2D eigenvalue weighted by Crippen LogP contribution is -2.27. The molecule has 2 bridgehead atoms. The highest BCUT2D eigenvalue weighted by atomic mass is 16.4. The van der Waals surface area contributed by atoms with E-state index in [1.165, 1.54) is 0 Å². The van der Waals surface area contributed by atoms with Crippen LogP contribution in [0.3, 0.4) is 0 Å². The minimum atomic E-state index is -0.712. The van der Waals surface area contributed by atoms with E-state index in [0.29, 0.717) is 30.5 Å². The van der Waals surface area contributed by atoms with Crippen molar-refractivity contribution in [2.45, 2.75) is 32.1 Å². The van der Waals surface area contributed by atoms with Gasteiger partial charge in [-0.25, -0.2) is 0 Å². The topological polar surface area (TPSA) is 54.4 Å². The van der Waals surface area contributed by atoms with E-state index in [9.17, 15) is 9.59 Å². The van der Waals surface area contributed by atoms with E-state index in [0.717, 1.165) is 12.8 Å². The molecule has 0 heterocycles. The zero-order valence-corrected chi connectivity index (χ0v) is 7.53. The van der Waals surface area contributed by atoms with Gasteiger partial charge in [0.25, 0.3) is 0 Å². The molecular formula is C10H14O3. The van der Waals surface area contributed by atoms with Crippen molar-refractivity contribution >= 4 is 11.8 Å². The second kappa shape index (κ2) is 3.13. The van der Waals surface area contributed by atoms with E-state index in [4.69, 9.17) is 5.11 Å². The van der Waals surface area contributed by atoms with Crippen molar-refractivity contribution in [3.8, 4) is 0 Å². The molecule has 0 amide bonds. The Bertz CT molecular complexity index is 231. The number of aliphatic carboxylic acids is 1. The molecule has 2 unspecified atom stereocenters. The van der Waals surface area contributed by atoms with E-state index in [1.807, 2.05) is 0 Å². The van der Waals surface area contributed by atoms with Crippen LogP contribution in [0.1, 0.15) is 32.1 Å². The second-order valence-electron chi connectivity index (χ2n) is 4.31. The Hall–Kier alpha value is -0.860. The fourth-order valence-electron chi connectivity index (χ4n) is 2.95. The Morgan fingerprint density at radius 2 is 1.85 bits per heavy atom. The zero-order valence-electron chi connectivity index (χ0n) is 7.53. The maximum atomic E-state index is 11.2. The van der Waals surface area contributed by atoms with Crippen LogP contribution in [0.5, 0.6) is 0 Å². The van der Waals surface area contributed by atoms with Gasteiger partial charge in [0.1, 0.15) is 5.78 Å². The number of carbonyl (C=O) groups is 2. The van der Waals surface area contributed by atoms with E-state index in [1.54, 1.807) is 0 Å². The summed E-state index contributed by atoms with van der Waals surface area (Å²) >= 11 is 0. The highest BCUT2D eigenvalue weighted by Gasteiger charge is 2.42. The van der Waals surface area contributed by atoms with Crippen molar-refractivity contribution in [2.24, 2.45) is 17.8 Å². The van der Waals surface area contributed by atoms with Gasteiger partial charge >= 0.3 is 5.97 Å². The van der Waals surface area contributed by atoms with E-state index in [-0.39, 0.29) is 12.3 Å². The number of carboxylic acids is 1. The average molecular weight is 182 g/mol. The first kappa shape index (κ1) is 8.73. The molecule has 2 aliphatic carbocycles. The Morgan fingerprint density at radius 1 is 1.31 bits per heavy atom. The first-order valence-corrected chi connectivity index (χ1v) is 4.90. The lowest BCUT2D eigenvalue weighted by molar-refractivity contribution is -0.140. The highest BCUT2D eigenvalue weighted by molar-refractivity contribution is 5.80. The largest absolute Gasteiger partial charge is 0.481 e. The summed E-state index contributed by atoms with van der Waals surface area (Å²) in [7, 11) is 0. The predicted molar refractivity (Wildman–Crippen MR) is 46.2 cm³/mol. The van der Waals surface area contributed by atoms with Gasteiger partial charge in [-0.15, -0.1) is 0 Å². The van der Waals surface area contributed by atoms with Gasteiger partial charge in [-0.05, 0) is 30.6 Å². The quantitative estimate of drug-likeness (QED) is 0.703. The van der Waals surface area contributed by atoms with Crippen LogP contribution < -0.4 is 0 Å². The molecule has 2 fully saturated rings. The minimum absolute atomic E-state index is 0.266. The lowest BCUT2D eigenvalue weighted by atomic mass is 9.76. The summed E-state index contributed by atoms with van der Waals surface area (Å²) in [6.07, 6.45) is 3.66. The smallest absolute Gasteiger partial charge is 0.303 e. The van der Waals surface area contributed by atoms with Crippen molar-refractivity contribution in [1.29, 1.82) is 0 Å². The monoisotopic (exact) mass is 182 g/mol. The lowest BCUT2D eigenvalue weighted by Gasteiger charge is -2.27. The van der Waals surface area contributed by atoms with Gasteiger partial charge in [-0.3, -0.25) is 9.59 Å². The first-order valence-electron chi connectivity index (χ1n) is 4.90. The Kier molecular flexibility index (Phi) is 2.10. The molecule has 13 heavy (non-hydrogen) atoms. The summed E-state index contributed by atoms with van der Waals surface area (Å²) in [6.45, 7) is 0. The summed E-state index contributed by atoms with van der Waals surface area (Å²) < 4.78 is 0. The van der Waals surface area contributed by atoms with Gasteiger partial charge in [-0.1, -0.05) is 0 Å². The van der Waals surface area contributed by atoms with Crippen LogP contribution in [0, 0.1) is 17.8 Å². The van der Waals surface area contributed by atoms with E-state index < -0.39 is 5.97 Å². The van der Waals surface area contributed by atoms with Gasteiger partial charge in [0.15, 0.2) is 0 Å². The molecule has 2 rings (SSSR count). The van der Waals surface area contributed by atoms with Gasteiger partial charge in [0.05, 0.1) is 0 Å². The number of fused-ring (bicyclic) bond motifs is 2. The molecule has 0 aromatic rings. The van der Waals surface area contributed by atoms with Gasteiger partial charge < -0.3 is 5.11 Å². The number of carbonyl (C=O) groups excluding carboxylic acids is 1. The molecule has 3 nitrogen and oxygen atoms in total. The van der Waals surface area contributed by atoms with Crippen molar-refractivity contribution in [2.75, 3.05) is 0 Å². The third kappa shape index (κ3) is 1.60. The molecule has 2 atom stereocenters. The molecule has 0 aliphatic heterocycles. The summed E-state index contributed by atoms with van der Waals surface area (Å²) in [5.74, 6) is 0.672. The fraction of sp³-hybridized carbons (Fsp3) is 0.800. The highest BCUT2D eigenvalue weighted by Crippen LogP contribution is 2.46. The molecule has 2 saturated carbocycles. The third-order valence-corrected chi connectivity index (χ3v) is 3.51. The maximum absolute atomic E-state index is 11.2. The van der Waals surface area contributed by atoms with E-state index in [2.05, 4.69) is 0 Å². The normalized spacial score (nSPS) is 37.8. The van der Waals surface area contributed by atoms with Crippen LogP contribution in [0.25, 0.3) is 0 Å². The van der Waals surface area contributed by atoms with Crippen LogP contribution in [-0.4, -0.2) is 16.9 Å². The number of Topliss-reactive ketones (excluding diaryl/α,β-unsaturated/α-hetero) is 1. The number of carboxylic acid groups (broad SMARTS) is 1. The Balaban J connectivity index is 2.06. The fourth-order valence-corrected chi connectivity index (χ4v) is 2.95. The third-order valence-electron chi connectivity index (χ3n) is 3.51. The van der Waals surface area contributed by atoms with Crippen molar-refractivity contribution < 1.29 is 14.7 Å². The maximum Gasteiger partial charge on any atom is 0.303 e. The van der Waals surface area contributed by atoms with Crippen LogP contribution in [0.4, 0.5) is 0 Å². The number of ketones is 1. The van der Waals surface area contributed by atoms with Crippen molar-refractivity contribution in [3.63, 3.8) is 0 Å². The van der Waals surface area contributed by atoms with Crippen molar-refractivity contribution in [3.05, 3.63) is 0 Å². The van der Waals surface area contributed by atoms with Crippen LogP contribution in [0.15, 0.2) is 0 Å². The number of rotatable bonds is 2. The summed E-state index contributed by atoms with van der Waals surface area (Å²) in [4.78, 5) is 21.8. The standard InChI is InChI=1S/C10H14O3/c11-8-3-6-1-2-7(4-8)9(6)5-10(12)13/h6-7,9H,1-5H2,(H,12,13). The Morgan fingerprint density at radius 3 is 2.31 bits per heavy atom. The van der Waals surface area contributed by atoms with Crippen LogP contribution in [0.2, 0.25) is 0 Å². The van der Waals surface area contributed by atoms with Gasteiger partial charge in [0, 0.05) is 19.3 Å². The number of hydrogen-bond donors (Lipinski definition) is 1. The van der Waals surface area contributed by atoms with Crippen molar-refractivity contribution in [1.82, 2.24) is 0 Å². The van der Waals surface area contributed by atoms with Gasteiger partial charge in [0.2, 0.25) is 0 Å². The zero-order chi connectivity index (χ0) is 9.42. The molecule has 0 radical (unpaired) electrons.